The molecule has 13 heavy (non-hydrogen) atoms. The second-order valence-electron chi connectivity index (χ2n) is 4.31. The number of methoxy groups -OCH3 is 1. The van der Waals surface area contributed by atoms with Crippen molar-refractivity contribution in [2.45, 2.75) is 32.7 Å². The van der Waals surface area contributed by atoms with Crippen LogP contribution in [0.2, 0.25) is 0 Å². The summed E-state index contributed by atoms with van der Waals surface area (Å²) in [5, 5.41) is 0. The standard InChI is InChI=1S/C11H21NO/c1-8-4-10(6-11(12)5-8)9(2)7-13-3/h6,8-9,11H,4-5,7,12H2,1-3H3. The number of rotatable bonds is 3. The Balaban J connectivity index is 2.57. The first kappa shape index (κ1) is 10.7. The van der Waals surface area contributed by atoms with Crippen LogP contribution in [0, 0.1) is 11.8 Å². The Hall–Kier alpha value is -0.340. The van der Waals surface area contributed by atoms with Gasteiger partial charge in [0.25, 0.3) is 0 Å². The van der Waals surface area contributed by atoms with Crippen LogP contribution in [0.1, 0.15) is 26.7 Å². The molecule has 0 radical (unpaired) electrons. The van der Waals surface area contributed by atoms with Gasteiger partial charge in [0.2, 0.25) is 0 Å². The van der Waals surface area contributed by atoms with Gasteiger partial charge in [0.1, 0.15) is 0 Å². The predicted octanol–water partition coefficient (Wildman–Crippen LogP) is 1.95. The third-order valence-electron chi connectivity index (χ3n) is 2.74. The van der Waals surface area contributed by atoms with E-state index in [-0.39, 0.29) is 6.04 Å². The Kier molecular flexibility index (Phi) is 3.94. The quantitative estimate of drug-likeness (QED) is 0.679. The molecule has 3 unspecified atom stereocenters. The fourth-order valence-corrected chi connectivity index (χ4v) is 2.08. The van der Waals surface area contributed by atoms with E-state index in [1.165, 1.54) is 12.0 Å². The van der Waals surface area contributed by atoms with Crippen molar-refractivity contribution in [1.29, 1.82) is 0 Å². The summed E-state index contributed by atoms with van der Waals surface area (Å²) in [7, 11) is 1.75. The Bertz CT molecular complexity index is 189. The molecule has 0 spiro atoms. The third-order valence-corrected chi connectivity index (χ3v) is 2.74. The summed E-state index contributed by atoms with van der Waals surface area (Å²) in [6.07, 6.45) is 4.55. The minimum absolute atomic E-state index is 0.262. The van der Waals surface area contributed by atoms with E-state index in [0.29, 0.717) is 5.92 Å². The fourth-order valence-electron chi connectivity index (χ4n) is 2.08. The van der Waals surface area contributed by atoms with Crippen molar-refractivity contribution in [3.8, 4) is 0 Å². The predicted molar refractivity (Wildman–Crippen MR) is 55.5 cm³/mol. The molecule has 0 bridgehead atoms. The number of hydrogen-bond acceptors (Lipinski definition) is 2. The Morgan fingerprint density at radius 2 is 2.38 bits per heavy atom. The maximum Gasteiger partial charge on any atom is 0.0525 e. The molecule has 0 saturated carbocycles. The maximum absolute atomic E-state index is 5.93. The molecule has 3 atom stereocenters. The van der Waals surface area contributed by atoms with Crippen LogP contribution in [0.25, 0.3) is 0 Å². The van der Waals surface area contributed by atoms with E-state index in [4.69, 9.17) is 10.5 Å². The summed E-state index contributed by atoms with van der Waals surface area (Å²) < 4.78 is 5.15. The van der Waals surface area contributed by atoms with Crippen LogP contribution >= 0.6 is 0 Å². The van der Waals surface area contributed by atoms with Crippen molar-refractivity contribution in [2.75, 3.05) is 13.7 Å². The zero-order chi connectivity index (χ0) is 9.84. The largest absolute Gasteiger partial charge is 0.384 e. The molecule has 0 aromatic rings. The first-order valence-corrected chi connectivity index (χ1v) is 5.08. The summed E-state index contributed by atoms with van der Waals surface area (Å²) >= 11 is 0. The number of hydrogen-bond donors (Lipinski definition) is 1. The van der Waals surface area contributed by atoms with Gasteiger partial charge in [-0.05, 0) is 18.8 Å². The third kappa shape index (κ3) is 3.12. The molecule has 2 N–H and O–H groups in total. The lowest BCUT2D eigenvalue weighted by Crippen LogP contribution is -2.27. The molecule has 0 aromatic carbocycles. The van der Waals surface area contributed by atoms with Crippen molar-refractivity contribution < 1.29 is 4.74 Å². The van der Waals surface area contributed by atoms with E-state index < -0.39 is 0 Å². The molecule has 2 heteroatoms. The normalized spacial score (nSPS) is 31.2. The lowest BCUT2D eigenvalue weighted by atomic mass is 9.83. The molecule has 2 nitrogen and oxygen atoms in total. The monoisotopic (exact) mass is 183 g/mol. The summed E-state index contributed by atoms with van der Waals surface area (Å²) in [6, 6.07) is 0.262. The van der Waals surface area contributed by atoms with Crippen LogP contribution < -0.4 is 5.73 Å². The lowest BCUT2D eigenvalue weighted by Gasteiger charge is -2.27. The second kappa shape index (κ2) is 4.77. The van der Waals surface area contributed by atoms with Gasteiger partial charge in [-0.2, -0.15) is 0 Å². The minimum Gasteiger partial charge on any atom is -0.384 e. The Labute approximate surface area is 81.1 Å². The van der Waals surface area contributed by atoms with Crippen molar-refractivity contribution in [1.82, 2.24) is 0 Å². The van der Waals surface area contributed by atoms with Gasteiger partial charge in [-0.25, -0.2) is 0 Å². The molecule has 1 aliphatic carbocycles. The highest BCUT2D eigenvalue weighted by molar-refractivity contribution is 5.14. The van der Waals surface area contributed by atoms with E-state index >= 15 is 0 Å². The van der Waals surface area contributed by atoms with E-state index in [1.54, 1.807) is 7.11 Å². The van der Waals surface area contributed by atoms with Gasteiger partial charge in [-0.3, -0.25) is 0 Å². The average Bonchev–Trinajstić information content (AvgIpc) is 2.03. The maximum atomic E-state index is 5.93. The van der Waals surface area contributed by atoms with Crippen LogP contribution in [0.4, 0.5) is 0 Å². The summed E-state index contributed by atoms with van der Waals surface area (Å²) in [5.41, 5.74) is 7.41. The van der Waals surface area contributed by atoms with Crippen LogP contribution in [0.5, 0.6) is 0 Å². The van der Waals surface area contributed by atoms with Gasteiger partial charge in [0, 0.05) is 19.1 Å². The van der Waals surface area contributed by atoms with Crippen molar-refractivity contribution in [3.63, 3.8) is 0 Å². The van der Waals surface area contributed by atoms with Gasteiger partial charge in [-0.15, -0.1) is 0 Å². The van der Waals surface area contributed by atoms with E-state index in [1.807, 2.05) is 0 Å². The first-order valence-electron chi connectivity index (χ1n) is 5.08. The fraction of sp³-hybridized carbons (Fsp3) is 0.818. The molecule has 1 aliphatic rings. The zero-order valence-corrected chi connectivity index (χ0v) is 8.92. The molecule has 0 fully saturated rings. The van der Waals surface area contributed by atoms with Gasteiger partial charge in [-0.1, -0.05) is 25.5 Å². The van der Waals surface area contributed by atoms with Crippen molar-refractivity contribution >= 4 is 0 Å². The highest BCUT2D eigenvalue weighted by Crippen LogP contribution is 2.27. The van der Waals surface area contributed by atoms with Crippen molar-refractivity contribution in [3.05, 3.63) is 11.6 Å². The van der Waals surface area contributed by atoms with Crippen LogP contribution in [-0.2, 0) is 4.74 Å². The topological polar surface area (TPSA) is 35.2 Å². The molecule has 1 rings (SSSR count). The molecule has 0 heterocycles. The molecular formula is C11H21NO. The highest BCUT2D eigenvalue weighted by atomic mass is 16.5. The molecular weight excluding hydrogens is 162 g/mol. The van der Waals surface area contributed by atoms with E-state index in [9.17, 15) is 0 Å². The van der Waals surface area contributed by atoms with Gasteiger partial charge in [0.15, 0.2) is 0 Å². The van der Waals surface area contributed by atoms with Gasteiger partial charge in [0.05, 0.1) is 6.61 Å². The van der Waals surface area contributed by atoms with Gasteiger partial charge < -0.3 is 10.5 Å². The van der Waals surface area contributed by atoms with Crippen molar-refractivity contribution in [2.24, 2.45) is 17.6 Å². The molecule has 0 aliphatic heterocycles. The zero-order valence-electron chi connectivity index (χ0n) is 8.92. The van der Waals surface area contributed by atoms with Crippen LogP contribution in [0.3, 0.4) is 0 Å². The SMILES string of the molecule is COCC(C)C1=CC(N)CC(C)C1. The Morgan fingerprint density at radius 1 is 1.69 bits per heavy atom. The average molecular weight is 183 g/mol. The lowest BCUT2D eigenvalue weighted by molar-refractivity contribution is 0.168. The van der Waals surface area contributed by atoms with E-state index in [2.05, 4.69) is 19.9 Å². The summed E-state index contributed by atoms with van der Waals surface area (Å²) in [6.45, 7) is 5.29. The minimum atomic E-state index is 0.262. The molecule has 76 valence electrons. The number of ether oxygens (including phenoxy) is 1. The summed E-state index contributed by atoms with van der Waals surface area (Å²) in [4.78, 5) is 0. The van der Waals surface area contributed by atoms with Crippen LogP contribution in [0.15, 0.2) is 11.6 Å². The Morgan fingerprint density at radius 3 is 2.92 bits per heavy atom. The van der Waals surface area contributed by atoms with Crippen LogP contribution in [-0.4, -0.2) is 19.8 Å². The second-order valence-corrected chi connectivity index (χ2v) is 4.31. The van der Waals surface area contributed by atoms with E-state index in [0.717, 1.165) is 18.9 Å². The molecule has 0 saturated heterocycles. The van der Waals surface area contributed by atoms with Gasteiger partial charge >= 0.3 is 0 Å². The summed E-state index contributed by atoms with van der Waals surface area (Å²) in [5.74, 6) is 1.26. The molecule has 0 amide bonds. The molecule has 0 aromatic heterocycles. The number of nitrogens with two attached hydrogens (primary N) is 1. The first-order chi connectivity index (χ1) is 6.13. The highest BCUT2D eigenvalue weighted by Gasteiger charge is 2.19. The smallest absolute Gasteiger partial charge is 0.0525 e.